The summed E-state index contributed by atoms with van der Waals surface area (Å²) in [6.45, 7) is 0. The fraction of sp³-hybridized carbons (Fsp3) is 0.0526. The van der Waals surface area contributed by atoms with Crippen LogP contribution in [-0.2, 0) is 7.05 Å². The zero-order valence-corrected chi connectivity index (χ0v) is 14.6. The molecule has 0 aliphatic rings. The molecule has 0 bridgehead atoms. The smallest absolute Gasteiger partial charge is 0.345 e. The Morgan fingerprint density at radius 1 is 1.00 bits per heavy atom. The molecular weight excluding hydrogens is 348 g/mol. The molecule has 0 aliphatic heterocycles. The summed E-state index contributed by atoms with van der Waals surface area (Å²) < 4.78 is 1.54. The maximum Gasteiger partial charge on any atom is 0.345 e. The van der Waals surface area contributed by atoms with Gasteiger partial charge in [-0.05, 0) is 33.2 Å². The highest BCUT2D eigenvalue weighted by molar-refractivity contribution is 7.18. The molecule has 7 heteroatoms. The van der Waals surface area contributed by atoms with Crippen LogP contribution in [0.5, 0.6) is 0 Å². The standard InChI is InChI=1S/C19H14N4O2S/c1-23-18(20-21-22-23)15-11-16(19(24)25)26-17(15)14-9-7-13(8-10-14)12-5-3-2-4-6-12/h2-11H,1H3,(H,24,25). The molecule has 0 amide bonds. The highest BCUT2D eigenvalue weighted by atomic mass is 32.1. The topological polar surface area (TPSA) is 80.9 Å². The Hall–Kier alpha value is -3.32. The van der Waals surface area contributed by atoms with E-state index in [1.807, 2.05) is 42.5 Å². The first-order chi connectivity index (χ1) is 12.6. The molecule has 4 aromatic rings. The second kappa shape index (κ2) is 6.53. The van der Waals surface area contributed by atoms with Crippen molar-refractivity contribution < 1.29 is 9.90 Å². The van der Waals surface area contributed by atoms with E-state index in [1.54, 1.807) is 13.1 Å². The van der Waals surface area contributed by atoms with E-state index in [4.69, 9.17) is 0 Å². The van der Waals surface area contributed by atoms with Crippen LogP contribution < -0.4 is 0 Å². The average Bonchev–Trinajstić information content (AvgIpc) is 3.29. The lowest BCUT2D eigenvalue weighted by atomic mass is 10.0. The van der Waals surface area contributed by atoms with Gasteiger partial charge < -0.3 is 5.11 Å². The molecule has 0 spiro atoms. The number of hydrogen-bond donors (Lipinski definition) is 1. The first-order valence-corrected chi connectivity index (χ1v) is 8.71. The van der Waals surface area contributed by atoms with Gasteiger partial charge in [0, 0.05) is 17.5 Å². The number of aromatic nitrogens is 4. The Bertz CT molecular complexity index is 1070. The number of thiophene rings is 1. The summed E-state index contributed by atoms with van der Waals surface area (Å²) in [5.41, 5.74) is 3.88. The SMILES string of the molecule is Cn1nnnc1-c1cc(C(=O)O)sc1-c1ccc(-c2ccccc2)cc1. The van der Waals surface area contributed by atoms with Gasteiger partial charge in [-0.2, -0.15) is 0 Å². The maximum absolute atomic E-state index is 11.4. The van der Waals surface area contributed by atoms with Gasteiger partial charge in [-0.25, -0.2) is 9.48 Å². The van der Waals surface area contributed by atoms with Gasteiger partial charge in [-0.15, -0.1) is 16.4 Å². The quantitative estimate of drug-likeness (QED) is 0.594. The summed E-state index contributed by atoms with van der Waals surface area (Å²) in [4.78, 5) is 12.5. The van der Waals surface area contributed by atoms with E-state index < -0.39 is 5.97 Å². The van der Waals surface area contributed by atoms with Gasteiger partial charge in [0.2, 0.25) is 0 Å². The minimum atomic E-state index is -0.960. The Labute approximate surface area is 153 Å². The normalized spacial score (nSPS) is 10.8. The molecule has 26 heavy (non-hydrogen) atoms. The van der Waals surface area contributed by atoms with Crippen molar-refractivity contribution in [2.75, 3.05) is 0 Å². The minimum absolute atomic E-state index is 0.255. The van der Waals surface area contributed by atoms with E-state index in [9.17, 15) is 9.90 Å². The fourth-order valence-electron chi connectivity index (χ4n) is 2.78. The molecule has 2 heterocycles. The summed E-state index contributed by atoms with van der Waals surface area (Å²) in [5, 5.41) is 20.9. The van der Waals surface area contributed by atoms with Crippen molar-refractivity contribution in [2.24, 2.45) is 7.05 Å². The molecule has 0 aliphatic carbocycles. The number of hydrogen-bond acceptors (Lipinski definition) is 5. The van der Waals surface area contributed by atoms with E-state index in [-0.39, 0.29) is 4.88 Å². The lowest BCUT2D eigenvalue weighted by Gasteiger charge is -2.05. The van der Waals surface area contributed by atoms with Crippen molar-refractivity contribution in [1.82, 2.24) is 20.2 Å². The van der Waals surface area contributed by atoms with E-state index in [1.165, 1.54) is 16.0 Å². The molecule has 0 atom stereocenters. The first kappa shape index (κ1) is 16.2. The summed E-state index contributed by atoms with van der Waals surface area (Å²) >= 11 is 1.22. The zero-order valence-electron chi connectivity index (χ0n) is 13.8. The Morgan fingerprint density at radius 2 is 1.65 bits per heavy atom. The van der Waals surface area contributed by atoms with Crippen molar-refractivity contribution in [3.63, 3.8) is 0 Å². The number of carboxylic acids is 1. The van der Waals surface area contributed by atoms with E-state index in [0.29, 0.717) is 11.4 Å². The molecule has 0 fully saturated rings. The maximum atomic E-state index is 11.4. The fourth-order valence-corrected chi connectivity index (χ4v) is 3.78. The lowest BCUT2D eigenvalue weighted by Crippen LogP contribution is -1.95. The largest absolute Gasteiger partial charge is 0.477 e. The lowest BCUT2D eigenvalue weighted by molar-refractivity contribution is 0.0702. The third kappa shape index (κ3) is 2.89. The highest BCUT2D eigenvalue weighted by Crippen LogP contribution is 2.39. The van der Waals surface area contributed by atoms with Crippen LogP contribution in [0, 0.1) is 0 Å². The number of aryl methyl sites for hydroxylation is 1. The van der Waals surface area contributed by atoms with E-state index in [2.05, 4.69) is 27.7 Å². The monoisotopic (exact) mass is 362 g/mol. The number of benzene rings is 2. The van der Waals surface area contributed by atoms with E-state index in [0.717, 1.165) is 21.6 Å². The molecule has 0 radical (unpaired) electrons. The molecule has 128 valence electrons. The predicted molar refractivity (Wildman–Crippen MR) is 99.9 cm³/mol. The molecule has 0 unspecified atom stereocenters. The van der Waals surface area contributed by atoms with Crippen LogP contribution in [0.25, 0.3) is 33.0 Å². The third-order valence-corrected chi connectivity index (χ3v) is 5.23. The second-order valence-electron chi connectivity index (χ2n) is 5.73. The summed E-state index contributed by atoms with van der Waals surface area (Å²) in [5.74, 6) is -0.422. The van der Waals surface area contributed by atoms with Crippen molar-refractivity contribution in [1.29, 1.82) is 0 Å². The number of tetrazole rings is 1. The van der Waals surface area contributed by atoms with Crippen molar-refractivity contribution in [3.05, 3.63) is 65.5 Å². The van der Waals surface area contributed by atoms with Crippen LogP contribution in [0.1, 0.15) is 9.67 Å². The molecule has 1 N–H and O–H groups in total. The first-order valence-electron chi connectivity index (χ1n) is 7.89. The molecule has 2 aromatic heterocycles. The van der Waals surface area contributed by atoms with Gasteiger partial charge in [0.25, 0.3) is 0 Å². The van der Waals surface area contributed by atoms with Gasteiger partial charge in [0.05, 0.1) is 0 Å². The number of aromatic carboxylic acids is 1. The number of carboxylic acid groups (broad SMARTS) is 1. The van der Waals surface area contributed by atoms with Crippen LogP contribution in [0.2, 0.25) is 0 Å². The van der Waals surface area contributed by atoms with Gasteiger partial charge in [-0.1, -0.05) is 54.6 Å². The average molecular weight is 362 g/mol. The second-order valence-corrected chi connectivity index (χ2v) is 6.78. The summed E-state index contributed by atoms with van der Waals surface area (Å²) in [7, 11) is 1.73. The van der Waals surface area contributed by atoms with Gasteiger partial charge in [0.15, 0.2) is 5.82 Å². The Morgan fingerprint density at radius 3 is 2.27 bits per heavy atom. The zero-order chi connectivity index (χ0) is 18.1. The minimum Gasteiger partial charge on any atom is -0.477 e. The van der Waals surface area contributed by atoms with Crippen LogP contribution in [0.15, 0.2) is 60.7 Å². The van der Waals surface area contributed by atoms with Crippen LogP contribution in [0.3, 0.4) is 0 Å². The van der Waals surface area contributed by atoms with Crippen LogP contribution in [-0.4, -0.2) is 31.3 Å². The summed E-state index contributed by atoms with van der Waals surface area (Å²) in [6, 6.07) is 19.8. The molecule has 2 aromatic carbocycles. The molecule has 6 nitrogen and oxygen atoms in total. The van der Waals surface area contributed by atoms with Crippen LogP contribution >= 0.6 is 11.3 Å². The number of nitrogens with zero attached hydrogens (tertiary/aromatic N) is 4. The Kier molecular flexibility index (Phi) is 4.06. The molecule has 0 saturated heterocycles. The Balaban J connectivity index is 1.80. The van der Waals surface area contributed by atoms with Crippen LogP contribution in [0.4, 0.5) is 0 Å². The highest BCUT2D eigenvalue weighted by Gasteiger charge is 2.20. The van der Waals surface area contributed by atoms with Crippen molar-refractivity contribution in [3.8, 4) is 33.0 Å². The van der Waals surface area contributed by atoms with Gasteiger partial charge in [0.1, 0.15) is 4.88 Å². The predicted octanol–water partition coefficient (Wildman–Crippen LogP) is 3.97. The number of carbonyl (C=O) groups is 1. The van der Waals surface area contributed by atoms with E-state index >= 15 is 0 Å². The third-order valence-electron chi connectivity index (χ3n) is 4.06. The molecular formula is C19H14N4O2S. The molecule has 0 saturated carbocycles. The van der Waals surface area contributed by atoms with Gasteiger partial charge >= 0.3 is 5.97 Å². The van der Waals surface area contributed by atoms with Gasteiger partial charge in [-0.3, -0.25) is 0 Å². The van der Waals surface area contributed by atoms with Crippen molar-refractivity contribution >= 4 is 17.3 Å². The number of rotatable bonds is 4. The summed E-state index contributed by atoms with van der Waals surface area (Å²) in [6.07, 6.45) is 0. The van der Waals surface area contributed by atoms with Crippen molar-refractivity contribution in [2.45, 2.75) is 0 Å². The molecule has 4 rings (SSSR count).